The quantitative estimate of drug-likeness (QED) is 0.0512. The SMILES string of the molecule is C=C1CC2C(O)N3C(=O)OCc4ccc(cc4)CC(=O)C(CC(=O)O)CC(=O)C(CCCCN)NC(=O)CCOCCNC(=O)C4C(C(=O)NCCOCCC(=O)NC(CCCCN)C(=O)CC(CC(=O)O)C(=O)Nc5ccc(cc5)COC(=O)N5c6cc(c(OC)cc6C(=O)N6CC(=C)CC6C5O)OCCCCCOc5cc3c(cc5C)C(=O)N2C1)N1C(=O)CC(SCSC2CC(=O)N4C2=O)C1=O. The molecule has 42 nitrogen and oxygen atoms in total. The number of ether oxygens (including phenoxy) is 7. The maximum absolute atomic E-state index is 14.7. The van der Waals surface area contributed by atoms with Crippen molar-refractivity contribution in [2.45, 2.75) is 208 Å². The number of thioether (sulfide) groups is 2. The number of aryl methyl sites for hydroxylation is 1. The monoisotopic (exact) mass is 1970 g/mol. The molecule has 44 heteroatoms. The molecule has 0 aromatic heterocycles. The van der Waals surface area contributed by atoms with E-state index in [1.54, 1.807) is 37.3 Å². The van der Waals surface area contributed by atoms with Gasteiger partial charge in [-0.25, -0.2) is 19.4 Å². The van der Waals surface area contributed by atoms with Gasteiger partial charge in [0, 0.05) is 99.9 Å². The number of carboxylic acids is 2. The molecule has 0 spiro atoms. The van der Waals surface area contributed by atoms with Crippen molar-refractivity contribution in [3.63, 3.8) is 0 Å². The van der Waals surface area contributed by atoms with Crippen LogP contribution in [0.1, 0.15) is 165 Å². The topological polar surface area (TPSA) is 584 Å². The van der Waals surface area contributed by atoms with E-state index in [0.717, 1.165) is 33.3 Å². The van der Waals surface area contributed by atoms with E-state index >= 15 is 0 Å². The Hall–Kier alpha value is -12.7. The lowest BCUT2D eigenvalue weighted by Gasteiger charge is -2.35. The van der Waals surface area contributed by atoms with Gasteiger partial charge in [0.2, 0.25) is 53.2 Å². The van der Waals surface area contributed by atoms with Crippen molar-refractivity contribution in [3.05, 3.63) is 130 Å². The van der Waals surface area contributed by atoms with Gasteiger partial charge in [0.05, 0.1) is 123 Å². The van der Waals surface area contributed by atoms with E-state index in [0.29, 0.717) is 88.1 Å². The van der Waals surface area contributed by atoms with E-state index in [4.69, 9.17) is 44.6 Å². The van der Waals surface area contributed by atoms with Crippen LogP contribution in [0.4, 0.5) is 26.7 Å². The number of aliphatic hydroxyl groups excluding tert-OH is 2. The molecule has 12 bridgehead atoms. The average Bonchev–Trinajstić information content (AvgIpc) is 1.63. The number of carbonyl (C=O) groups is 18. The summed E-state index contributed by atoms with van der Waals surface area (Å²) in [6, 6.07) is 9.25. The van der Waals surface area contributed by atoms with Crippen molar-refractivity contribution in [2.75, 3.05) is 106 Å². The largest absolute Gasteiger partial charge is 0.493 e. The molecule has 139 heavy (non-hydrogen) atoms. The number of hydrogen-bond donors (Lipinski definition) is 11. The zero-order valence-corrected chi connectivity index (χ0v) is 78.8. The minimum Gasteiger partial charge on any atom is -0.493 e. The number of ketones is 3. The standard InChI is InChI=1S/C95H117N13O29S2/c1-52-34-67-90(125)105-65-43-72(54(3)36-61(65)88(123)103(67)47-52)134-28-10-5-11-29-135-74-44-66-62(42-73(74)131-4)89(124)104-48-53(2)35-68(104)91(126)106(66)95(130)137-50-57-18-20-60(21-19-57)100-85(120)59(41-82(118)119)39-71(111)64(13-7-9-25-97)102-78(113)23-31-133-33-27-99-87(122)84-83(107-79(114)45-75(92(107)127)138-51-139-76-46-80(115)108(84)93(76)128)86(121)98-26-32-132-30-22-77(112)101-63(12-6-8-24-96)70(110)38-58(40-81(116)117)69(109)37-55-14-16-56(17-15-55)49-136-94(105)129/h14-21,36,42-44,58-59,63-64,67-68,75-76,83-84,90-91,125-126H,1-2,5-13,22-35,37-41,45-51,96-97H2,3-4H3,(H,98,121)(H,99,122)(H,100,120)(H,101,112)(H,102,113)(H,116,117)(H,118,119). The Labute approximate surface area is 808 Å². The first kappa shape index (κ1) is 105. The number of fused-ring (bicyclic) bond motifs is 8. The molecular weight excluding hydrogens is 1850 g/mol. The first-order valence-corrected chi connectivity index (χ1v) is 48.2. The van der Waals surface area contributed by atoms with E-state index < -0.39 is 242 Å². The minimum atomic E-state index is -2.14. The summed E-state index contributed by atoms with van der Waals surface area (Å²) in [4.78, 5) is 258. The highest BCUT2D eigenvalue weighted by Crippen LogP contribution is 2.45. The molecule has 0 radical (unpaired) electrons. The van der Waals surface area contributed by atoms with Gasteiger partial charge in [-0.1, -0.05) is 60.7 Å². The lowest BCUT2D eigenvalue weighted by molar-refractivity contribution is -0.158. The summed E-state index contributed by atoms with van der Waals surface area (Å²) in [6.45, 7) is 7.61. The van der Waals surface area contributed by atoms with E-state index in [2.05, 4.69) is 39.7 Å². The van der Waals surface area contributed by atoms with Crippen LogP contribution in [-0.2, 0) is 106 Å². The third kappa shape index (κ3) is 26.7. The zero-order valence-electron chi connectivity index (χ0n) is 77.2. The summed E-state index contributed by atoms with van der Waals surface area (Å²) < 4.78 is 41.5. The van der Waals surface area contributed by atoms with Gasteiger partial charge < -0.3 is 101 Å². The van der Waals surface area contributed by atoms with Crippen LogP contribution >= 0.6 is 23.5 Å². The van der Waals surface area contributed by atoms with Crippen LogP contribution in [0.5, 0.6) is 17.2 Å². The van der Waals surface area contributed by atoms with Gasteiger partial charge in [0.1, 0.15) is 36.8 Å². The van der Waals surface area contributed by atoms with Gasteiger partial charge in [0.15, 0.2) is 35.5 Å². The van der Waals surface area contributed by atoms with Crippen LogP contribution in [0.15, 0.2) is 97.1 Å². The summed E-state index contributed by atoms with van der Waals surface area (Å²) in [5.74, 6) is -16.3. The molecule has 748 valence electrons. The number of Topliss-reactive ketones (excluding diaryl/α,β-unsaturated/α-hetero) is 3. The first-order valence-electron chi connectivity index (χ1n) is 46.2. The number of anilines is 3. The number of hydrogen-bond acceptors (Lipinski definition) is 31. The molecule has 10 aliphatic rings. The van der Waals surface area contributed by atoms with E-state index in [1.165, 1.54) is 59.4 Å². The maximum atomic E-state index is 14.7. The van der Waals surface area contributed by atoms with Crippen molar-refractivity contribution >= 4 is 147 Å². The van der Waals surface area contributed by atoms with Gasteiger partial charge in [0.25, 0.3) is 11.8 Å². The highest BCUT2D eigenvalue weighted by molar-refractivity contribution is 8.17. The average molecular weight is 1970 g/mol. The van der Waals surface area contributed by atoms with Gasteiger partial charge in [-0.3, -0.25) is 86.5 Å². The molecule has 12 unspecified atom stereocenters. The Morgan fingerprint density at radius 1 is 0.504 bits per heavy atom. The van der Waals surface area contributed by atoms with Crippen molar-refractivity contribution in [1.29, 1.82) is 0 Å². The number of imide groups is 2. The lowest BCUT2D eigenvalue weighted by Crippen LogP contribution is -2.66. The number of benzene rings is 4. The highest BCUT2D eigenvalue weighted by Gasteiger charge is 2.57. The summed E-state index contributed by atoms with van der Waals surface area (Å²) in [7, 11) is 1.36. The lowest BCUT2D eigenvalue weighted by atomic mass is 9.87. The second-order valence-corrected chi connectivity index (χ2v) is 37.9. The molecule has 10 aliphatic heterocycles. The molecule has 14 rings (SSSR count). The Morgan fingerprint density at radius 3 is 1.42 bits per heavy atom. The van der Waals surface area contributed by atoms with Gasteiger partial charge in [-0.15, -0.1) is 23.5 Å². The number of aliphatic hydroxyl groups is 2. The molecule has 13 amide bonds. The highest BCUT2D eigenvalue weighted by atomic mass is 32.2. The molecule has 4 aromatic rings. The fourth-order valence-electron chi connectivity index (χ4n) is 17.8. The predicted octanol–water partition coefficient (Wildman–Crippen LogP) is 3.99. The first-order chi connectivity index (χ1) is 66.6. The Bertz CT molecular complexity index is 5290. The number of nitrogens with zero attached hydrogens (tertiary/aromatic N) is 6. The smallest absolute Gasteiger partial charge is 0.416 e. The van der Waals surface area contributed by atoms with Crippen LogP contribution in [0.25, 0.3) is 0 Å². The molecule has 5 fully saturated rings. The van der Waals surface area contributed by atoms with E-state index in [9.17, 15) is 107 Å². The maximum Gasteiger partial charge on any atom is 0.416 e. The molecule has 0 saturated carbocycles. The van der Waals surface area contributed by atoms with Crippen molar-refractivity contribution in [1.82, 2.24) is 40.9 Å². The number of rotatable bonds is 13. The number of unbranched alkanes of at least 4 members (excludes halogenated alkanes) is 2. The van der Waals surface area contributed by atoms with Gasteiger partial charge >= 0.3 is 24.1 Å². The second-order valence-electron chi connectivity index (χ2n) is 35.1. The molecule has 12 atom stereocenters. The summed E-state index contributed by atoms with van der Waals surface area (Å²) in [6.07, 6.45) is -6.94. The van der Waals surface area contributed by atoms with Gasteiger partial charge in [-0.05, 0) is 137 Å². The fourth-order valence-corrected chi connectivity index (χ4v) is 20.5. The third-order valence-corrected chi connectivity index (χ3v) is 27.7. The molecule has 0 aliphatic carbocycles. The molecular formula is C95H117N13O29S2. The number of carboxylic acid groups (broad SMARTS) is 2. The zero-order chi connectivity index (χ0) is 100. The van der Waals surface area contributed by atoms with Crippen molar-refractivity contribution < 1.29 is 140 Å². The van der Waals surface area contributed by atoms with Crippen LogP contribution in [-0.4, -0.2) is 297 Å². The summed E-state index contributed by atoms with van der Waals surface area (Å²) in [5.41, 5.74) is 14.6. The Balaban J connectivity index is 0.765. The molecule has 4 aromatic carbocycles. The Morgan fingerprint density at radius 2 is 0.950 bits per heavy atom. The number of methoxy groups -OCH3 is 1. The number of amides is 13. The Kier molecular flexibility index (Phi) is 37.2. The normalized spacial score (nSPS) is 25.5. The summed E-state index contributed by atoms with van der Waals surface area (Å²) >= 11 is 2.04. The summed E-state index contributed by atoms with van der Waals surface area (Å²) in [5, 5.41) is 55.4. The van der Waals surface area contributed by atoms with Crippen LogP contribution < -0.4 is 62.1 Å². The van der Waals surface area contributed by atoms with Crippen LogP contribution in [0, 0.1) is 18.8 Å². The molecule has 13 N–H and O–H groups in total. The van der Waals surface area contributed by atoms with E-state index in [-0.39, 0.29) is 161 Å². The number of nitrogens with two attached hydrogens (primary N) is 2. The van der Waals surface area contributed by atoms with Crippen LogP contribution in [0.3, 0.4) is 0 Å². The third-order valence-electron chi connectivity index (χ3n) is 25.1. The minimum absolute atomic E-state index is 0.00380. The molecule has 5 saturated heterocycles. The number of nitrogens with one attached hydrogen (secondary N) is 5. The van der Waals surface area contributed by atoms with E-state index in [1.807, 2.05) is 0 Å². The van der Waals surface area contributed by atoms with Crippen molar-refractivity contribution in [3.8, 4) is 17.2 Å². The van der Waals surface area contributed by atoms with Crippen molar-refractivity contribution in [2.24, 2.45) is 23.3 Å². The number of carbonyl (C=O) groups excluding carboxylic acids is 16. The molecule has 10 heterocycles. The van der Waals surface area contributed by atoms with Crippen LogP contribution in [0.2, 0.25) is 0 Å². The second kappa shape index (κ2) is 49.2. The predicted molar refractivity (Wildman–Crippen MR) is 499 cm³/mol. The number of aliphatic carboxylic acids is 2. The van der Waals surface area contributed by atoms with Gasteiger partial charge in [-0.2, -0.15) is 0 Å². The fraction of sp³-hybridized carbons (Fsp3) is 0.516.